The molecule has 0 amide bonds. The maximum atomic E-state index is 8.84. The molecule has 0 bridgehead atoms. The van der Waals surface area contributed by atoms with E-state index in [1.165, 1.54) is 29.7 Å². The van der Waals surface area contributed by atoms with Crippen LogP contribution in [-0.4, -0.2) is 45.9 Å². The maximum absolute atomic E-state index is 8.84. The molecule has 2 heterocycles. The van der Waals surface area contributed by atoms with Gasteiger partial charge >= 0.3 is 0 Å². The second kappa shape index (κ2) is 8.11. The van der Waals surface area contributed by atoms with E-state index in [0.29, 0.717) is 12.5 Å². The van der Waals surface area contributed by atoms with Crippen LogP contribution in [0, 0.1) is 0 Å². The zero-order chi connectivity index (χ0) is 18.6. The number of piperidine rings is 1. The summed E-state index contributed by atoms with van der Waals surface area (Å²) in [5.74, 6) is 2.49. The van der Waals surface area contributed by atoms with E-state index in [2.05, 4.69) is 52.9 Å². The van der Waals surface area contributed by atoms with E-state index in [0.717, 1.165) is 30.9 Å². The largest absolute Gasteiger partial charge is 0.491 e. The van der Waals surface area contributed by atoms with Crippen molar-refractivity contribution in [1.82, 2.24) is 14.5 Å². The van der Waals surface area contributed by atoms with E-state index in [4.69, 9.17) is 14.8 Å². The standard InChI is InChI=1S/C22H27N3O2/c1-24-21-7-3-2-6-20(21)23-22(24)18-5-4-12-25(16-18)15-17-8-10-19(11-9-17)27-14-13-26/h2-3,6-11,18,26H,4-5,12-16H2,1H3. The van der Waals surface area contributed by atoms with Crippen molar-refractivity contribution < 1.29 is 9.84 Å². The molecule has 0 saturated carbocycles. The number of aryl methyl sites for hydroxylation is 1. The summed E-state index contributed by atoms with van der Waals surface area (Å²) in [6.07, 6.45) is 2.40. The van der Waals surface area contributed by atoms with E-state index >= 15 is 0 Å². The molecule has 3 aromatic rings. The van der Waals surface area contributed by atoms with Crippen LogP contribution in [0.25, 0.3) is 11.0 Å². The van der Waals surface area contributed by atoms with Gasteiger partial charge in [-0.25, -0.2) is 4.98 Å². The molecule has 1 unspecified atom stereocenters. The van der Waals surface area contributed by atoms with Crippen molar-refractivity contribution in [3.63, 3.8) is 0 Å². The lowest BCUT2D eigenvalue weighted by Gasteiger charge is -2.32. The summed E-state index contributed by atoms with van der Waals surface area (Å²) in [7, 11) is 2.13. The molecule has 1 fully saturated rings. The van der Waals surface area contributed by atoms with Gasteiger partial charge in [-0.3, -0.25) is 4.90 Å². The van der Waals surface area contributed by atoms with Gasteiger partial charge in [-0.15, -0.1) is 0 Å². The molecule has 1 aliphatic heterocycles. The van der Waals surface area contributed by atoms with E-state index in [1.807, 2.05) is 12.1 Å². The maximum Gasteiger partial charge on any atom is 0.119 e. The molecule has 0 aliphatic carbocycles. The molecule has 2 aromatic carbocycles. The molecule has 5 nitrogen and oxygen atoms in total. The van der Waals surface area contributed by atoms with Crippen LogP contribution in [0.4, 0.5) is 0 Å². The predicted molar refractivity (Wildman–Crippen MR) is 107 cm³/mol. The van der Waals surface area contributed by atoms with Crippen molar-refractivity contribution in [3.05, 3.63) is 59.9 Å². The number of ether oxygens (including phenoxy) is 1. The Kier molecular flexibility index (Phi) is 5.41. The van der Waals surface area contributed by atoms with Crippen molar-refractivity contribution in [2.45, 2.75) is 25.3 Å². The average molecular weight is 365 g/mol. The second-order valence-electron chi connectivity index (χ2n) is 7.31. The molecule has 27 heavy (non-hydrogen) atoms. The molecule has 1 saturated heterocycles. The third-order valence-electron chi connectivity index (χ3n) is 5.38. The van der Waals surface area contributed by atoms with Crippen LogP contribution in [0.15, 0.2) is 48.5 Å². The Balaban J connectivity index is 1.44. The minimum Gasteiger partial charge on any atom is -0.491 e. The molecule has 1 aliphatic rings. The number of benzene rings is 2. The normalized spacial score (nSPS) is 18.1. The zero-order valence-electron chi connectivity index (χ0n) is 15.8. The molecule has 1 atom stereocenters. The highest BCUT2D eigenvalue weighted by atomic mass is 16.5. The molecule has 4 rings (SSSR count). The van der Waals surface area contributed by atoms with E-state index in [-0.39, 0.29) is 6.61 Å². The molecule has 0 spiro atoms. The van der Waals surface area contributed by atoms with E-state index in [9.17, 15) is 0 Å². The number of aromatic nitrogens is 2. The lowest BCUT2D eigenvalue weighted by molar-refractivity contribution is 0.194. The first-order valence-corrected chi connectivity index (χ1v) is 9.71. The highest BCUT2D eigenvalue weighted by molar-refractivity contribution is 5.75. The fourth-order valence-electron chi connectivity index (χ4n) is 4.05. The Morgan fingerprint density at radius 2 is 1.96 bits per heavy atom. The van der Waals surface area contributed by atoms with Crippen molar-refractivity contribution in [2.75, 3.05) is 26.3 Å². The number of hydrogen-bond donors (Lipinski definition) is 1. The number of nitrogens with zero attached hydrogens (tertiary/aromatic N) is 3. The highest BCUT2D eigenvalue weighted by Crippen LogP contribution is 2.29. The van der Waals surface area contributed by atoms with E-state index < -0.39 is 0 Å². The highest BCUT2D eigenvalue weighted by Gasteiger charge is 2.25. The van der Waals surface area contributed by atoms with Gasteiger partial charge in [0, 0.05) is 26.1 Å². The quantitative estimate of drug-likeness (QED) is 0.728. The summed E-state index contributed by atoms with van der Waals surface area (Å²) in [6, 6.07) is 16.6. The Morgan fingerprint density at radius 3 is 2.74 bits per heavy atom. The van der Waals surface area contributed by atoms with Gasteiger partial charge in [-0.1, -0.05) is 24.3 Å². The number of aliphatic hydroxyl groups is 1. The first kappa shape index (κ1) is 18.0. The molecule has 0 radical (unpaired) electrons. The third-order valence-corrected chi connectivity index (χ3v) is 5.38. The van der Waals surface area contributed by atoms with Gasteiger partial charge in [-0.2, -0.15) is 0 Å². The van der Waals surface area contributed by atoms with Crippen LogP contribution in [0.3, 0.4) is 0 Å². The fraction of sp³-hybridized carbons (Fsp3) is 0.409. The van der Waals surface area contributed by atoms with Crippen molar-refractivity contribution in [1.29, 1.82) is 0 Å². The summed E-state index contributed by atoms with van der Waals surface area (Å²) in [5.41, 5.74) is 3.59. The first-order chi connectivity index (χ1) is 13.2. The summed E-state index contributed by atoms with van der Waals surface area (Å²) >= 11 is 0. The zero-order valence-corrected chi connectivity index (χ0v) is 15.8. The Hall–Kier alpha value is -2.37. The number of likely N-dealkylation sites (tertiary alicyclic amines) is 1. The molecule has 1 N–H and O–H groups in total. The summed E-state index contributed by atoms with van der Waals surface area (Å²) in [4.78, 5) is 7.44. The van der Waals surface area contributed by atoms with Gasteiger partial charge in [0.15, 0.2) is 0 Å². The minimum absolute atomic E-state index is 0.0408. The number of hydrogen-bond acceptors (Lipinski definition) is 4. The summed E-state index contributed by atoms with van der Waals surface area (Å²) in [5, 5.41) is 8.84. The van der Waals surface area contributed by atoms with Gasteiger partial charge in [0.1, 0.15) is 18.2 Å². The third kappa shape index (κ3) is 3.99. The molecule has 5 heteroatoms. The number of rotatable bonds is 6. The molecular formula is C22H27N3O2. The van der Waals surface area contributed by atoms with Gasteiger partial charge < -0.3 is 14.4 Å². The monoisotopic (exact) mass is 365 g/mol. The van der Waals surface area contributed by atoms with E-state index in [1.54, 1.807) is 0 Å². The van der Waals surface area contributed by atoms with Gasteiger partial charge in [0.05, 0.1) is 17.6 Å². The van der Waals surface area contributed by atoms with Crippen LogP contribution in [-0.2, 0) is 13.6 Å². The minimum atomic E-state index is 0.0408. The Bertz CT molecular complexity index is 888. The van der Waals surface area contributed by atoms with Crippen LogP contribution >= 0.6 is 0 Å². The topological polar surface area (TPSA) is 50.5 Å². The fourth-order valence-corrected chi connectivity index (χ4v) is 4.05. The average Bonchev–Trinajstić information content (AvgIpc) is 3.05. The van der Waals surface area contributed by atoms with Crippen molar-refractivity contribution in [3.8, 4) is 5.75 Å². The second-order valence-corrected chi connectivity index (χ2v) is 7.31. The van der Waals surface area contributed by atoms with Crippen LogP contribution in [0.5, 0.6) is 5.75 Å². The molecule has 142 valence electrons. The Morgan fingerprint density at radius 1 is 1.15 bits per heavy atom. The predicted octanol–water partition coefficient (Wildman–Crippen LogP) is 3.32. The number of imidazole rings is 1. The number of aliphatic hydroxyl groups excluding tert-OH is 1. The number of para-hydroxylation sites is 2. The van der Waals surface area contributed by atoms with Gasteiger partial charge in [0.25, 0.3) is 0 Å². The summed E-state index contributed by atoms with van der Waals surface area (Å²) < 4.78 is 7.70. The van der Waals surface area contributed by atoms with Crippen molar-refractivity contribution in [2.24, 2.45) is 7.05 Å². The molecular weight excluding hydrogens is 338 g/mol. The SMILES string of the molecule is Cn1c(C2CCCN(Cc3ccc(OCCO)cc3)C2)nc2ccccc21. The Labute approximate surface area is 160 Å². The van der Waals surface area contributed by atoms with Crippen LogP contribution in [0.1, 0.15) is 30.1 Å². The van der Waals surface area contributed by atoms with Crippen LogP contribution < -0.4 is 4.74 Å². The van der Waals surface area contributed by atoms with Crippen molar-refractivity contribution >= 4 is 11.0 Å². The lowest BCUT2D eigenvalue weighted by atomic mass is 9.96. The first-order valence-electron chi connectivity index (χ1n) is 9.71. The summed E-state index contributed by atoms with van der Waals surface area (Å²) in [6.45, 7) is 3.49. The smallest absolute Gasteiger partial charge is 0.119 e. The van der Waals surface area contributed by atoms with Crippen LogP contribution in [0.2, 0.25) is 0 Å². The number of fused-ring (bicyclic) bond motifs is 1. The van der Waals surface area contributed by atoms with Gasteiger partial charge in [0.2, 0.25) is 0 Å². The van der Waals surface area contributed by atoms with Gasteiger partial charge in [-0.05, 0) is 49.2 Å². The lowest BCUT2D eigenvalue weighted by Crippen LogP contribution is -2.34. The molecule has 1 aromatic heterocycles.